The number of rotatable bonds is 6. The molecule has 0 radical (unpaired) electrons. The molecule has 0 aliphatic rings. The van der Waals surface area contributed by atoms with Crippen LogP contribution in [0.5, 0.6) is 0 Å². The first kappa shape index (κ1) is 17.4. The van der Waals surface area contributed by atoms with Gasteiger partial charge in [-0.1, -0.05) is 35.5 Å². The summed E-state index contributed by atoms with van der Waals surface area (Å²) in [6.07, 6.45) is -0.0347. The van der Waals surface area contributed by atoms with Crippen molar-refractivity contribution in [1.82, 2.24) is 0 Å². The van der Waals surface area contributed by atoms with Gasteiger partial charge in [0, 0.05) is 18.9 Å². The van der Waals surface area contributed by atoms with Crippen LogP contribution in [0.25, 0.3) is 0 Å². The Morgan fingerprint density at radius 3 is 2.43 bits per heavy atom. The quantitative estimate of drug-likeness (QED) is 0.597. The fourth-order valence-electron chi connectivity index (χ4n) is 2.01. The van der Waals surface area contributed by atoms with Crippen LogP contribution in [0.1, 0.15) is 41.8 Å². The van der Waals surface area contributed by atoms with Crippen LogP contribution in [-0.2, 0) is 14.3 Å². The molecule has 1 rings (SSSR count). The smallest absolute Gasteiger partial charge is 0.319 e. The molecule has 0 bridgehead atoms. The van der Waals surface area contributed by atoms with Gasteiger partial charge in [0.25, 0.3) is 0 Å². The monoisotopic (exact) mass is 308 g/mol. The molecular formula is C16H20O4S. The van der Waals surface area contributed by atoms with E-state index in [0.29, 0.717) is 5.56 Å². The molecule has 0 amide bonds. The van der Waals surface area contributed by atoms with E-state index >= 15 is 0 Å². The first-order chi connectivity index (χ1) is 9.85. The molecule has 1 atom stereocenters. The van der Waals surface area contributed by atoms with E-state index in [1.165, 1.54) is 6.92 Å². The SMILES string of the molecule is CCOC(=O)C(CC(=O)c1ccc(C)cc1C)SC(C)=O. The molecule has 0 saturated carbocycles. The number of thioether (sulfide) groups is 1. The predicted octanol–water partition coefficient (Wildman–Crippen LogP) is 3.09. The van der Waals surface area contributed by atoms with Crippen molar-refractivity contribution < 1.29 is 19.1 Å². The van der Waals surface area contributed by atoms with Crippen molar-refractivity contribution in [1.29, 1.82) is 0 Å². The summed E-state index contributed by atoms with van der Waals surface area (Å²) in [7, 11) is 0. The highest BCUT2D eigenvalue weighted by Gasteiger charge is 2.26. The van der Waals surface area contributed by atoms with Crippen LogP contribution in [0.4, 0.5) is 0 Å². The number of carbonyl (C=O) groups is 3. The second-order valence-corrected chi connectivity index (χ2v) is 6.18. The number of ether oxygens (including phenoxy) is 1. The maximum absolute atomic E-state index is 12.3. The zero-order valence-corrected chi connectivity index (χ0v) is 13.6. The summed E-state index contributed by atoms with van der Waals surface area (Å²) in [5.41, 5.74) is 2.53. The van der Waals surface area contributed by atoms with Crippen molar-refractivity contribution in [3.8, 4) is 0 Å². The van der Waals surface area contributed by atoms with E-state index in [1.807, 2.05) is 26.0 Å². The normalized spacial score (nSPS) is 11.8. The van der Waals surface area contributed by atoms with Gasteiger partial charge in [0.1, 0.15) is 5.25 Å². The van der Waals surface area contributed by atoms with E-state index in [0.717, 1.165) is 22.9 Å². The van der Waals surface area contributed by atoms with Crippen LogP contribution in [-0.4, -0.2) is 28.7 Å². The van der Waals surface area contributed by atoms with Crippen LogP contribution < -0.4 is 0 Å². The molecule has 0 heterocycles. The summed E-state index contributed by atoms with van der Waals surface area (Å²) < 4.78 is 4.93. The zero-order chi connectivity index (χ0) is 16.0. The predicted molar refractivity (Wildman–Crippen MR) is 83.6 cm³/mol. The topological polar surface area (TPSA) is 60.4 Å². The molecule has 5 heteroatoms. The second kappa shape index (κ2) is 7.98. The van der Waals surface area contributed by atoms with Gasteiger partial charge in [-0.05, 0) is 26.3 Å². The summed E-state index contributed by atoms with van der Waals surface area (Å²) in [6.45, 7) is 7.11. The van der Waals surface area contributed by atoms with Gasteiger partial charge in [0.2, 0.25) is 0 Å². The average Bonchev–Trinajstić information content (AvgIpc) is 2.37. The lowest BCUT2D eigenvalue weighted by atomic mass is 9.99. The molecule has 0 fully saturated rings. The van der Waals surface area contributed by atoms with Crippen LogP contribution in [0, 0.1) is 13.8 Å². The van der Waals surface area contributed by atoms with Gasteiger partial charge in [-0.25, -0.2) is 0 Å². The molecule has 1 aromatic carbocycles. The van der Waals surface area contributed by atoms with Gasteiger partial charge in [-0.2, -0.15) is 0 Å². The lowest BCUT2D eigenvalue weighted by Gasteiger charge is -2.14. The molecule has 0 saturated heterocycles. The summed E-state index contributed by atoms with van der Waals surface area (Å²) in [6, 6.07) is 5.54. The van der Waals surface area contributed by atoms with Crippen molar-refractivity contribution in [2.24, 2.45) is 0 Å². The zero-order valence-electron chi connectivity index (χ0n) is 12.8. The van der Waals surface area contributed by atoms with Crippen molar-refractivity contribution in [3.63, 3.8) is 0 Å². The maximum Gasteiger partial charge on any atom is 0.319 e. The van der Waals surface area contributed by atoms with E-state index in [4.69, 9.17) is 4.74 Å². The number of Topliss-reactive ketones (excluding diaryl/α,β-unsaturated/α-hetero) is 1. The Hall–Kier alpha value is -1.62. The van der Waals surface area contributed by atoms with Gasteiger partial charge in [0.05, 0.1) is 6.61 Å². The van der Waals surface area contributed by atoms with E-state index < -0.39 is 11.2 Å². The molecule has 0 aliphatic heterocycles. The number of benzene rings is 1. The van der Waals surface area contributed by atoms with Crippen LogP contribution in [0.3, 0.4) is 0 Å². The third-order valence-corrected chi connectivity index (χ3v) is 3.89. The largest absolute Gasteiger partial charge is 0.465 e. The van der Waals surface area contributed by atoms with E-state index in [9.17, 15) is 14.4 Å². The van der Waals surface area contributed by atoms with E-state index in [2.05, 4.69) is 0 Å². The lowest BCUT2D eigenvalue weighted by molar-refractivity contribution is -0.142. The maximum atomic E-state index is 12.3. The standard InChI is InChI=1S/C16H20O4S/c1-5-20-16(19)15(21-12(4)17)9-14(18)13-7-6-10(2)8-11(13)3/h6-8,15H,5,9H2,1-4H3. The molecule has 1 unspecified atom stereocenters. The minimum absolute atomic E-state index is 0.0347. The first-order valence-electron chi connectivity index (χ1n) is 6.79. The Balaban J connectivity index is 2.89. The molecule has 0 aliphatic carbocycles. The fourth-order valence-corrected chi connectivity index (χ4v) is 2.81. The van der Waals surface area contributed by atoms with E-state index in [1.54, 1.807) is 13.0 Å². The Bertz CT molecular complexity index is 551. The molecule has 0 aromatic heterocycles. The van der Waals surface area contributed by atoms with Gasteiger partial charge < -0.3 is 4.74 Å². The summed E-state index contributed by atoms with van der Waals surface area (Å²) in [5.74, 6) is -0.671. The summed E-state index contributed by atoms with van der Waals surface area (Å²) in [5, 5.41) is -0.989. The Morgan fingerprint density at radius 1 is 1.24 bits per heavy atom. The van der Waals surface area contributed by atoms with Crippen molar-refractivity contribution >= 4 is 28.6 Å². The molecule has 1 aromatic rings. The van der Waals surface area contributed by atoms with Gasteiger partial charge in [0.15, 0.2) is 10.9 Å². The minimum Gasteiger partial charge on any atom is -0.465 e. The van der Waals surface area contributed by atoms with Crippen molar-refractivity contribution in [3.05, 3.63) is 34.9 Å². The molecule has 4 nitrogen and oxygen atoms in total. The minimum atomic E-state index is -0.782. The molecular weight excluding hydrogens is 288 g/mol. The number of hydrogen-bond acceptors (Lipinski definition) is 5. The third kappa shape index (κ3) is 5.34. The Morgan fingerprint density at radius 2 is 1.90 bits per heavy atom. The third-order valence-electron chi connectivity index (χ3n) is 2.91. The van der Waals surface area contributed by atoms with Crippen LogP contribution in [0.15, 0.2) is 18.2 Å². The van der Waals surface area contributed by atoms with Crippen LogP contribution in [0.2, 0.25) is 0 Å². The highest BCUT2D eigenvalue weighted by atomic mass is 32.2. The van der Waals surface area contributed by atoms with Gasteiger partial charge in [-0.3, -0.25) is 14.4 Å². The average molecular weight is 308 g/mol. The number of carbonyl (C=O) groups excluding carboxylic acids is 3. The number of esters is 1. The van der Waals surface area contributed by atoms with Crippen molar-refractivity contribution in [2.75, 3.05) is 6.61 Å². The van der Waals surface area contributed by atoms with Crippen LogP contribution >= 0.6 is 11.8 Å². The summed E-state index contributed by atoms with van der Waals surface area (Å²) in [4.78, 5) is 35.4. The lowest BCUT2D eigenvalue weighted by Crippen LogP contribution is -2.25. The number of hydrogen-bond donors (Lipinski definition) is 0. The molecule has 114 valence electrons. The van der Waals surface area contributed by atoms with Crippen molar-refractivity contribution in [2.45, 2.75) is 39.4 Å². The Labute approximate surface area is 129 Å². The number of ketones is 1. The highest BCUT2D eigenvalue weighted by Crippen LogP contribution is 2.21. The first-order valence-corrected chi connectivity index (χ1v) is 7.67. The van der Waals surface area contributed by atoms with Gasteiger partial charge in [-0.15, -0.1) is 0 Å². The molecule has 0 N–H and O–H groups in total. The highest BCUT2D eigenvalue weighted by molar-refractivity contribution is 8.14. The fraction of sp³-hybridized carbons (Fsp3) is 0.438. The molecule has 21 heavy (non-hydrogen) atoms. The second-order valence-electron chi connectivity index (χ2n) is 4.80. The summed E-state index contributed by atoms with van der Waals surface area (Å²) >= 11 is 0.845. The molecule has 0 spiro atoms. The van der Waals surface area contributed by atoms with E-state index in [-0.39, 0.29) is 23.9 Å². The number of aryl methyl sites for hydroxylation is 2. The van der Waals surface area contributed by atoms with Gasteiger partial charge >= 0.3 is 5.97 Å². The Kier molecular flexibility index (Phi) is 6.62.